The van der Waals surface area contributed by atoms with Crippen LogP contribution >= 0.6 is 0 Å². The maximum atomic E-state index is 12.8. The lowest BCUT2D eigenvalue weighted by atomic mass is 10.1. The number of rotatable bonds is 5. The molecule has 1 aliphatic rings. The van der Waals surface area contributed by atoms with Crippen molar-refractivity contribution in [2.45, 2.75) is 19.9 Å². The fourth-order valence-electron chi connectivity index (χ4n) is 3.25. The minimum Gasteiger partial charge on any atom is -0.462 e. The molecule has 3 aromatic rings. The summed E-state index contributed by atoms with van der Waals surface area (Å²) in [4.78, 5) is 47.3. The molecular weight excluding hydrogens is 374 g/mol. The second kappa shape index (κ2) is 7.27. The van der Waals surface area contributed by atoms with Crippen molar-refractivity contribution in [1.82, 2.24) is 24.6 Å². The maximum Gasteiger partial charge on any atom is 0.341 e. The minimum atomic E-state index is -0.693. The van der Waals surface area contributed by atoms with Crippen LogP contribution in [0.3, 0.4) is 0 Å². The second-order valence-electron chi connectivity index (χ2n) is 6.36. The zero-order valence-corrected chi connectivity index (χ0v) is 15.8. The number of imide groups is 1. The topological polar surface area (TPSA) is 107 Å². The second-order valence-corrected chi connectivity index (χ2v) is 6.36. The number of amides is 2. The first kappa shape index (κ1) is 18.5. The molecule has 0 aliphatic carbocycles. The lowest BCUT2D eigenvalue weighted by Crippen LogP contribution is -2.33. The molecule has 4 rings (SSSR count). The Labute approximate surface area is 165 Å². The molecule has 3 heterocycles. The molecule has 2 amide bonds. The Hall–Kier alpha value is -3.88. The Morgan fingerprint density at radius 3 is 2.41 bits per heavy atom. The number of hydrogen-bond donors (Lipinski definition) is 0. The highest BCUT2D eigenvalue weighted by molar-refractivity contribution is 6.21. The van der Waals surface area contributed by atoms with E-state index in [1.165, 1.54) is 29.5 Å². The van der Waals surface area contributed by atoms with Gasteiger partial charge in [0.15, 0.2) is 5.82 Å². The Morgan fingerprint density at radius 2 is 1.76 bits per heavy atom. The van der Waals surface area contributed by atoms with E-state index in [9.17, 15) is 14.4 Å². The molecule has 2 aromatic heterocycles. The number of esters is 1. The van der Waals surface area contributed by atoms with Gasteiger partial charge in [0.25, 0.3) is 11.8 Å². The fraction of sp³-hybridized carbons (Fsp3) is 0.200. The predicted octanol–water partition coefficient (Wildman–Crippen LogP) is 2.20. The summed E-state index contributed by atoms with van der Waals surface area (Å²) >= 11 is 0. The highest BCUT2D eigenvalue weighted by Crippen LogP contribution is 2.31. The van der Waals surface area contributed by atoms with Gasteiger partial charge in [-0.15, -0.1) is 0 Å². The number of hydrogen-bond acceptors (Lipinski definition) is 7. The Balaban J connectivity index is 1.70. The summed E-state index contributed by atoms with van der Waals surface area (Å²) < 4.78 is 6.35. The SMILES string of the molecule is CCOC(=O)c1cnn(-c2nccnc2C(C)N2C(=O)c3ccccc3C2=O)c1. The lowest BCUT2D eigenvalue weighted by Gasteiger charge is -2.23. The van der Waals surface area contributed by atoms with Gasteiger partial charge in [0.05, 0.1) is 35.5 Å². The van der Waals surface area contributed by atoms with Crippen molar-refractivity contribution in [2.24, 2.45) is 0 Å². The third-order valence-electron chi connectivity index (χ3n) is 4.63. The van der Waals surface area contributed by atoms with Crippen LogP contribution in [0.5, 0.6) is 0 Å². The van der Waals surface area contributed by atoms with Gasteiger partial charge in [-0.1, -0.05) is 12.1 Å². The zero-order valence-electron chi connectivity index (χ0n) is 15.8. The van der Waals surface area contributed by atoms with Crippen LogP contribution in [-0.2, 0) is 4.74 Å². The molecule has 0 saturated carbocycles. The number of benzene rings is 1. The smallest absolute Gasteiger partial charge is 0.341 e. The van der Waals surface area contributed by atoms with Gasteiger partial charge in [-0.3, -0.25) is 19.5 Å². The number of fused-ring (bicyclic) bond motifs is 1. The molecule has 0 fully saturated rings. The zero-order chi connectivity index (χ0) is 20.5. The highest BCUT2D eigenvalue weighted by Gasteiger charge is 2.40. The third-order valence-corrected chi connectivity index (χ3v) is 4.63. The van der Waals surface area contributed by atoms with Gasteiger partial charge < -0.3 is 4.74 Å². The largest absolute Gasteiger partial charge is 0.462 e. The van der Waals surface area contributed by atoms with E-state index in [2.05, 4.69) is 15.1 Å². The van der Waals surface area contributed by atoms with Gasteiger partial charge in [-0.25, -0.2) is 14.5 Å². The molecule has 9 nitrogen and oxygen atoms in total. The summed E-state index contributed by atoms with van der Waals surface area (Å²) in [6.45, 7) is 3.66. The molecule has 29 heavy (non-hydrogen) atoms. The Kier molecular flexibility index (Phi) is 4.63. The average Bonchev–Trinajstić information content (AvgIpc) is 3.32. The van der Waals surface area contributed by atoms with Gasteiger partial charge >= 0.3 is 5.97 Å². The molecule has 146 valence electrons. The molecule has 0 spiro atoms. The first-order valence-corrected chi connectivity index (χ1v) is 9.03. The van der Waals surface area contributed by atoms with E-state index in [1.807, 2.05) is 0 Å². The average molecular weight is 391 g/mol. The molecule has 1 unspecified atom stereocenters. The van der Waals surface area contributed by atoms with Crippen LogP contribution in [-0.4, -0.2) is 49.0 Å². The van der Waals surface area contributed by atoms with E-state index < -0.39 is 12.0 Å². The quantitative estimate of drug-likeness (QED) is 0.485. The summed E-state index contributed by atoms with van der Waals surface area (Å²) in [5.41, 5.74) is 1.36. The van der Waals surface area contributed by atoms with Gasteiger partial charge in [-0.05, 0) is 26.0 Å². The number of nitrogens with zero attached hydrogens (tertiary/aromatic N) is 5. The minimum absolute atomic E-state index is 0.247. The molecule has 0 N–H and O–H groups in total. The van der Waals surface area contributed by atoms with Crippen LogP contribution in [0, 0.1) is 0 Å². The van der Waals surface area contributed by atoms with Crippen LogP contribution in [0.25, 0.3) is 5.82 Å². The van der Waals surface area contributed by atoms with Crippen LogP contribution in [0.1, 0.15) is 56.7 Å². The van der Waals surface area contributed by atoms with Crippen molar-refractivity contribution in [3.8, 4) is 5.82 Å². The highest BCUT2D eigenvalue weighted by atomic mass is 16.5. The van der Waals surface area contributed by atoms with E-state index in [0.717, 1.165) is 4.90 Å². The lowest BCUT2D eigenvalue weighted by molar-refractivity contribution is 0.0524. The van der Waals surface area contributed by atoms with Gasteiger partial charge in [0, 0.05) is 18.6 Å². The summed E-state index contributed by atoms with van der Waals surface area (Å²) in [7, 11) is 0. The van der Waals surface area contributed by atoms with Crippen LogP contribution < -0.4 is 0 Å². The van der Waals surface area contributed by atoms with Crippen molar-refractivity contribution < 1.29 is 19.1 Å². The molecule has 9 heteroatoms. The standard InChI is InChI=1S/C20H17N5O4/c1-3-29-20(28)13-10-23-24(11-13)17-16(21-8-9-22-17)12(2)25-18(26)14-6-4-5-7-15(14)19(25)27/h4-12H,3H2,1-2H3. The van der Waals surface area contributed by atoms with Crippen molar-refractivity contribution in [3.63, 3.8) is 0 Å². The Bertz CT molecular complexity index is 1090. The van der Waals surface area contributed by atoms with Crippen molar-refractivity contribution in [2.75, 3.05) is 6.61 Å². The van der Waals surface area contributed by atoms with Crippen LogP contribution in [0.4, 0.5) is 0 Å². The van der Waals surface area contributed by atoms with E-state index in [1.54, 1.807) is 38.1 Å². The van der Waals surface area contributed by atoms with Crippen molar-refractivity contribution in [1.29, 1.82) is 0 Å². The normalized spacial score (nSPS) is 14.1. The summed E-state index contributed by atoms with van der Waals surface area (Å²) in [5, 5.41) is 4.16. The first-order chi connectivity index (χ1) is 14.0. The molecule has 0 saturated heterocycles. The molecule has 0 bridgehead atoms. The fourth-order valence-corrected chi connectivity index (χ4v) is 3.25. The molecule has 1 aliphatic heterocycles. The van der Waals surface area contributed by atoms with Crippen molar-refractivity contribution in [3.05, 3.63) is 71.4 Å². The molecular formula is C20H17N5O4. The number of ether oxygens (including phenoxy) is 1. The molecule has 0 radical (unpaired) electrons. The summed E-state index contributed by atoms with van der Waals surface area (Å²) in [6, 6.07) is 5.98. The van der Waals surface area contributed by atoms with Gasteiger partial charge in [0.2, 0.25) is 0 Å². The molecule has 1 aromatic carbocycles. The van der Waals surface area contributed by atoms with E-state index in [-0.39, 0.29) is 24.0 Å². The van der Waals surface area contributed by atoms with E-state index >= 15 is 0 Å². The monoisotopic (exact) mass is 391 g/mol. The third kappa shape index (κ3) is 3.06. The number of aromatic nitrogens is 4. The predicted molar refractivity (Wildman–Crippen MR) is 100 cm³/mol. The maximum absolute atomic E-state index is 12.8. The van der Waals surface area contributed by atoms with Crippen molar-refractivity contribution >= 4 is 17.8 Å². The number of carbonyl (C=O) groups excluding carboxylic acids is 3. The van der Waals surface area contributed by atoms with E-state index in [4.69, 9.17) is 4.74 Å². The number of carbonyl (C=O) groups is 3. The van der Waals surface area contributed by atoms with Gasteiger partial charge in [0.1, 0.15) is 5.69 Å². The summed E-state index contributed by atoms with van der Waals surface area (Å²) in [6.07, 6.45) is 5.78. The van der Waals surface area contributed by atoms with E-state index in [0.29, 0.717) is 22.6 Å². The molecule has 1 atom stereocenters. The van der Waals surface area contributed by atoms with Crippen LogP contribution in [0.15, 0.2) is 49.1 Å². The summed E-state index contributed by atoms with van der Waals surface area (Å²) in [5.74, 6) is -0.963. The van der Waals surface area contributed by atoms with Crippen LogP contribution in [0.2, 0.25) is 0 Å². The van der Waals surface area contributed by atoms with Gasteiger partial charge in [-0.2, -0.15) is 5.10 Å². The Morgan fingerprint density at radius 1 is 1.10 bits per heavy atom. The first-order valence-electron chi connectivity index (χ1n) is 9.03.